The van der Waals surface area contributed by atoms with Crippen molar-refractivity contribution in [3.05, 3.63) is 60.0 Å². The number of hydrogen-bond donors (Lipinski definition) is 1. The molecule has 0 aliphatic heterocycles. The molecule has 7 nitrogen and oxygen atoms in total. The first kappa shape index (κ1) is 16.1. The molecule has 4 rings (SSSR count). The van der Waals surface area contributed by atoms with Gasteiger partial charge in [0.25, 0.3) is 5.95 Å². The molecule has 4 aromatic rings. The molecule has 0 unspecified atom stereocenters. The quantitative estimate of drug-likeness (QED) is 0.589. The molecule has 0 aliphatic carbocycles. The molecule has 2 aromatic heterocycles. The van der Waals surface area contributed by atoms with Crippen LogP contribution in [0, 0.1) is 0 Å². The van der Waals surface area contributed by atoms with Gasteiger partial charge in [0.15, 0.2) is 0 Å². The second-order valence-electron chi connectivity index (χ2n) is 5.31. The van der Waals surface area contributed by atoms with Gasteiger partial charge < -0.3 is 9.47 Å². The number of aromatic nitrogens is 3. The van der Waals surface area contributed by atoms with Crippen LogP contribution in [0.2, 0.25) is 0 Å². The van der Waals surface area contributed by atoms with Crippen molar-refractivity contribution in [2.24, 2.45) is 0 Å². The highest BCUT2D eigenvalue weighted by molar-refractivity contribution is 7.15. The van der Waals surface area contributed by atoms with Crippen molar-refractivity contribution in [3.8, 4) is 22.8 Å². The zero-order chi connectivity index (χ0) is 17.9. The number of para-hydroxylation sites is 1. The van der Waals surface area contributed by atoms with E-state index in [2.05, 4.69) is 15.4 Å². The molecular weight excluding hydrogens is 352 g/mol. The minimum atomic E-state index is -0.641. The Hall–Kier alpha value is -3.39. The van der Waals surface area contributed by atoms with E-state index in [1.54, 1.807) is 35.9 Å². The largest absolute Gasteiger partial charge is 0.497 e. The number of benzene rings is 2. The molecule has 26 heavy (non-hydrogen) atoms. The van der Waals surface area contributed by atoms with Crippen molar-refractivity contribution in [2.75, 3.05) is 12.4 Å². The maximum atomic E-state index is 12.0. The number of carbonyl (C=O) groups is 1. The summed E-state index contributed by atoms with van der Waals surface area (Å²) in [5.74, 6) is 1.39. The van der Waals surface area contributed by atoms with Gasteiger partial charge >= 0.3 is 6.09 Å². The number of anilines is 1. The Labute approximate surface area is 152 Å². The maximum absolute atomic E-state index is 12.0. The zero-order valence-corrected chi connectivity index (χ0v) is 14.6. The minimum Gasteiger partial charge on any atom is -0.497 e. The topological polar surface area (TPSA) is 77.8 Å². The number of carbonyl (C=O) groups excluding carboxylic acids is 1. The molecular formula is C18H14N4O3S. The number of nitrogens with one attached hydrogen (secondary N) is 1. The van der Waals surface area contributed by atoms with Crippen LogP contribution in [0.1, 0.15) is 0 Å². The Kier molecular flexibility index (Phi) is 4.24. The lowest BCUT2D eigenvalue weighted by Gasteiger charge is -2.03. The molecule has 0 fully saturated rings. The van der Waals surface area contributed by atoms with Crippen LogP contribution in [-0.4, -0.2) is 27.8 Å². The molecule has 0 aliphatic rings. The van der Waals surface area contributed by atoms with Crippen molar-refractivity contribution in [1.29, 1.82) is 0 Å². The van der Waals surface area contributed by atoms with E-state index >= 15 is 0 Å². The number of amides is 1. The number of methoxy groups -OCH3 is 1. The van der Waals surface area contributed by atoms with Crippen molar-refractivity contribution in [3.63, 3.8) is 0 Å². The maximum Gasteiger partial charge on any atom is 0.419 e. The van der Waals surface area contributed by atoms with Gasteiger partial charge in [-0.1, -0.05) is 30.3 Å². The van der Waals surface area contributed by atoms with E-state index in [0.717, 1.165) is 17.0 Å². The lowest BCUT2D eigenvalue weighted by Crippen LogP contribution is -2.17. The third-order valence-electron chi connectivity index (χ3n) is 3.61. The summed E-state index contributed by atoms with van der Waals surface area (Å²) in [5.41, 5.74) is 1.81. The molecule has 0 bridgehead atoms. The minimum absolute atomic E-state index is 0.182. The number of thiazole rings is 1. The van der Waals surface area contributed by atoms with E-state index in [1.165, 1.54) is 11.3 Å². The molecule has 0 saturated carbocycles. The number of nitrogens with zero attached hydrogens (tertiary/aromatic N) is 3. The fraction of sp³-hybridized carbons (Fsp3) is 0.0556. The first-order chi connectivity index (χ1) is 12.7. The Morgan fingerprint density at radius 1 is 1.12 bits per heavy atom. The van der Waals surface area contributed by atoms with Crippen molar-refractivity contribution in [1.82, 2.24) is 14.6 Å². The molecule has 2 aromatic carbocycles. The van der Waals surface area contributed by atoms with Crippen molar-refractivity contribution in [2.45, 2.75) is 0 Å². The van der Waals surface area contributed by atoms with Gasteiger partial charge in [0.2, 0.25) is 4.96 Å². The van der Waals surface area contributed by atoms with E-state index < -0.39 is 6.09 Å². The average molecular weight is 366 g/mol. The summed E-state index contributed by atoms with van der Waals surface area (Å²) in [5, 5.41) is 8.85. The van der Waals surface area contributed by atoms with Gasteiger partial charge in [-0.05, 0) is 24.3 Å². The van der Waals surface area contributed by atoms with E-state index in [4.69, 9.17) is 9.47 Å². The molecule has 130 valence electrons. The number of hydrogen-bond acceptors (Lipinski definition) is 6. The highest BCUT2D eigenvalue weighted by Crippen LogP contribution is 2.28. The normalized spacial score (nSPS) is 10.7. The highest BCUT2D eigenvalue weighted by atomic mass is 32.1. The summed E-state index contributed by atoms with van der Waals surface area (Å²) in [6, 6.07) is 16.5. The third kappa shape index (κ3) is 3.22. The van der Waals surface area contributed by atoms with Gasteiger partial charge in [0.1, 0.15) is 11.5 Å². The van der Waals surface area contributed by atoms with Crippen LogP contribution in [-0.2, 0) is 0 Å². The van der Waals surface area contributed by atoms with Crippen LogP contribution in [0.5, 0.6) is 11.5 Å². The van der Waals surface area contributed by atoms with Gasteiger partial charge in [-0.3, -0.25) is 5.32 Å². The fourth-order valence-electron chi connectivity index (χ4n) is 2.43. The van der Waals surface area contributed by atoms with E-state index in [0.29, 0.717) is 10.7 Å². The van der Waals surface area contributed by atoms with Gasteiger partial charge in [-0.15, -0.1) is 16.4 Å². The monoisotopic (exact) mass is 366 g/mol. The van der Waals surface area contributed by atoms with Gasteiger partial charge in [0.05, 0.1) is 12.8 Å². The summed E-state index contributed by atoms with van der Waals surface area (Å²) in [6.07, 6.45) is -0.641. The predicted octanol–water partition coefficient (Wildman–Crippen LogP) is 4.08. The first-order valence-corrected chi connectivity index (χ1v) is 8.63. The Balaban J connectivity index is 1.56. The van der Waals surface area contributed by atoms with Crippen LogP contribution in [0.4, 0.5) is 10.7 Å². The second-order valence-corrected chi connectivity index (χ2v) is 6.15. The van der Waals surface area contributed by atoms with Crippen LogP contribution in [0.3, 0.4) is 0 Å². The van der Waals surface area contributed by atoms with E-state index in [-0.39, 0.29) is 5.95 Å². The highest BCUT2D eigenvalue weighted by Gasteiger charge is 2.14. The van der Waals surface area contributed by atoms with Crippen LogP contribution in [0.15, 0.2) is 60.0 Å². The molecule has 8 heteroatoms. The van der Waals surface area contributed by atoms with Crippen molar-refractivity contribution < 1.29 is 14.3 Å². The number of fused-ring (bicyclic) bond motifs is 1. The molecule has 1 amide bonds. The second kappa shape index (κ2) is 6.85. The third-order valence-corrected chi connectivity index (χ3v) is 4.43. The average Bonchev–Trinajstić information content (AvgIpc) is 3.22. The Bertz CT molecular complexity index is 1060. The molecule has 0 saturated heterocycles. The fourth-order valence-corrected chi connectivity index (χ4v) is 3.26. The molecule has 2 heterocycles. The molecule has 0 atom stereocenters. The van der Waals surface area contributed by atoms with Gasteiger partial charge in [-0.25, -0.2) is 9.31 Å². The first-order valence-electron chi connectivity index (χ1n) is 7.75. The summed E-state index contributed by atoms with van der Waals surface area (Å²) >= 11 is 1.43. The Morgan fingerprint density at radius 3 is 2.73 bits per heavy atom. The zero-order valence-electron chi connectivity index (χ0n) is 13.7. The van der Waals surface area contributed by atoms with Gasteiger partial charge in [-0.2, -0.15) is 4.98 Å². The lowest BCUT2D eigenvalue weighted by molar-refractivity contribution is 0.215. The van der Waals surface area contributed by atoms with E-state index in [1.807, 2.05) is 35.7 Å². The molecule has 0 radical (unpaired) electrons. The van der Waals surface area contributed by atoms with Crippen molar-refractivity contribution >= 4 is 28.3 Å². The summed E-state index contributed by atoms with van der Waals surface area (Å²) in [6.45, 7) is 0. The summed E-state index contributed by atoms with van der Waals surface area (Å²) in [4.78, 5) is 17.0. The SMILES string of the molecule is COc1cccc(-c2csc3nc(NC(=O)Oc4ccccc4)nn23)c1. The van der Waals surface area contributed by atoms with Gasteiger partial charge in [0, 0.05) is 10.9 Å². The standard InChI is InChI=1S/C18H14N4O3S/c1-24-14-9-5-6-12(10-14)15-11-26-17-19-16(21-22(15)17)20-18(23)25-13-7-3-2-4-8-13/h2-11H,1H3,(H,20,21,23). The number of ether oxygens (including phenoxy) is 2. The Morgan fingerprint density at radius 2 is 1.92 bits per heavy atom. The smallest absolute Gasteiger partial charge is 0.419 e. The van der Waals surface area contributed by atoms with Crippen LogP contribution < -0.4 is 14.8 Å². The van der Waals surface area contributed by atoms with E-state index in [9.17, 15) is 4.79 Å². The number of rotatable bonds is 4. The molecule has 1 N–H and O–H groups in total. The van der Waals surface area contributed by atoms with Crippen LogP contribution in [0.25, 0.3) is 16.2 Å². The lowest BCUT2D eigenvalue weighted by atomic mass is 10.2. The molecule has 0 spiro atoms. The summed E-state index contributed by atoms with van der Waals surface area (Å²) in [7, 11) is 1.62. The predicted molar refractivity (Wildman–Crippen MR) is 98.9 cm³/mol. The van der Waals surface area contributed by atoms with Crippen LogP contribution >= 0.6 is 11.3 Å². The summed E-state index contributed by atoms with van der Waals surface area (Å²) < 4.78 is 12.1.